The molecule has 1 rings (SSSR count). The molecule has 86 valence electrons. The first-order valence-electron chi connectivity index (χ1n) is 3.94. The fourth-order valence-electron chi connectivity index (χ4n) is 0.891. The Labute approximate surface area is 87.9 Å². The normalized spacial score (nSPS) is 12.5. The average molecular weight is 235 g/mol. The molecule has 0 amide bonds. The number of rotatable bonds is 1. The predicted molar refractivity (Wildman–Crippen MR) is 55.7 cm³/mol. The maximum Gasteiger partial charge on any atom is 0.394 e. The van der Waals surface area contributed by atoms with Gasteiger partial charge in [-0.2, -0.15) is 8.42 Å². The van der Waals surface area contributed by atoms with Gasteiger partial charge in [-0.15, -0.1) is 0 Å². The van der Waals surface area contributed by atoms with E-state index in [9.17, 15) is 0 Å². The Balaban J connectivity index is 0.000000336. The van der Waals surface area contributed by atoms with Crippen molar-refractivity contribution in [3.05, 3.63) is 29.8 Å². The van der Waals surface area contributed by atoms with Crippen LogP contribution in [0.3, 0.4) is 0 Å². The van der Waals surface area contributed by atoms with Crippen molar-refractivity contribution in [1.29, 1.82) is 0 Å². The number of benzene rings is 1. The molecule has 0 bridgehead atoms. The van der Waals surface area contributed by atoms with Crippen LogP contribution in [0.2, 0.25) is 0 Å². The number of aliphatic hydroxyl groups excluding tert-OH is 1. The number of para-hydroxylation sites is 1. The number of hydrogen-bond donors (Lipinski definition) is 4. The summed E-state index contributed by atoms with van der Waals surface area (Å²) in [7, 11) is -4.67. The van der Waals surface area contributed by atoms with Gasteiger partial charge in [0, 0.05) is 11.3 Å². The topological polar surface area (TPSA) is 121 Å². The zero-order valence-corrected chi connectivity index (χ0v) is 8.85. The first-order chi connectivity index (χ1) is 6.72. The average Bonchev–Trinajstić information content (AvgIpc) is 2.01. The Kier molecular flexibility index (Phi) is 5.23. The minimum atomic E-state index is -4.67. The zero-order valence-electron chi connectivity index (χ0n) is 8.03. The highest BCUT2D eigenvalue weighted by Crippen LogP contribution is 2.18. The van der Waals surface area contributed by atoms with E-state index in [2.05, 4.69) is 0 Å². The van der Waals surface area contributed by atoms with E-state index >= 15 is 0 Å². The Hall–Kier alpha value is -1.15. The molecule has 0 aliphatic rings. The van der Waals surface area contributed by atoms with E-state index in [0.29, 0.717) is 5.69 Å². The standard InChI is InChI=1S/C8H11NO.H2O4S/c1-6(10)7-4-2-3-5-8(7)9;1-5(2,3)4/h2-6,10H,9H2,1H3;(H2,1,2,3,4). The molecule has 0 saturated carbocycles. The van der Waals surface area contributed by atoms with Crippen molar-refractivity contribution in [3.8, 4) is 0 Å². The second kappa shape index (κ2) is 5.66. The van der Waals surface area contributed by atoms with Gasteiger partial charge in [-0.25, -0.2) is 0 Å². The third-order valence-electron chi connectivity index (χ3n) is 1.45. The van der Waals surface area contributed by atoms with Crippen molar-refractivity contribution in [2.75, 3.05) is 5.73 Å². The van der Waals surface area contributed by atoms with Crippen LogP contribution in [-0.4, -0.2) is 22.6 Å². The minimum Gasteiger partial charge on any atom is -0.398 e. The lowest BCUT2D eigenvalue weighted by atomic mass is 10.1. The van der Waals surface area contributed by atoms with Crippen molar-refractivity contribution in [3.63, 3.8) is 0 Å². The Bertz CT molecular complexity index is 393. The van der Waals surface area contributed by atoms with Crippen LogP contribution >= 0.6 is 0 Å². The number of nitrogen functional groups attached to an aromatic ring is 1. The monoisotopic (exact) mass is 235 g/mol. The Morgan fingerprint density at radius 1 is 1.27 bits per heavy atom. The minimum absolute atomic E-state index is 0.471. The molecule has 15 heavy (non-hydrogen) atoms. The highest BCUT2D eigenvalue weighted by Gasteiger charge is 2.01. The highest BCUT2D eigenvalue weighted by atomic mass is 32.3. The number of aliphatic hydroxyl groups is 1. The third kappa shape index (κ3) is 7.89. The first-order valence-corrected chi connectivity index (χ1v) is 5.34. The molecule has 7 heteroatoms. The number of nitrogens with two attached hydrogens (primary N) is 1. The Morgan fingerprint density at radius 3 is 1.93 bits per heavy atom. The van der Waals surface area contributed by atoms with E-state index in [4.69, 9.17) is 28.4 Å². The van der Waals surface area contributed by atoms with E-state index in [1.165, 1.54) is 0 Å². The summed E-state index contributed by atoms with van der Waals surface area (Å²) in [5.41, 5.74) is 7.01. The molecular formula is C8H13NO5S. The summed E-state index contributed by atoms with van der Waals surface area (Å²) in [6.45, 7) is 1.70. The second-order valence-electron chi connectivity index (χ2n) is 2.75. The summed E-state index contributed by atoms with van der Waals surface area (Å²) in [4.78, 5) is 0. The molecule has 1 unspecified atom stereocenters. The van der Waals surface area contributed by atoms with Gasteiger partial charge in [0.2, 0.25) is 0 Å². The van der Waals surface area contributed by atoms with Gasteiger partial charge >= 0.3 is 10.4 Å². The maximum absolute atomic E-state index is 9.12. The molecule has 0 saturated heterocycles. The van der Waals surface area contributed by atoms with E-state index in [-0.39, 0.29) is 0 Å². The number of anilines is 1. The Morgan fingerprint density at radius 2 is 1.67 bits per heavy atom. The van der Waals surface area contributed by atoms with Crippen LogP contribution in [0.4, 0.5) is 5.69 Å². The van der Waals surface area contributed by atoms with Gasteiger partial charge in [-0.05, 0) is 13.0 Å². The second-order valence-corrected chi connectivity index (χ2v) is 3.65. The molecule has 1 aromatic carbocycles. The van der Waals surface area contributed by atoms with Crippen molar-refractivity contribution < 1.29 is 22.6 Å². The van der Waals surface area contributed by atoms with Gasteiger partial charge < -0.3 is 10.8 Å². The van der Waals surface area contributed by atoms with Crippen LogP contribution in [0, 0.1) is 0 Å². The fraction of sp³-hybridized carbons (Fsp3) is 0.250. The molecule has 5 N–H and O–H groups in total. The van der Waals surface area contributed by atoms with E-state index < -0.39 is 16.5 Å². The van der Waals surface area contributed by atoms with Gasteiger partial charge in [0.15, 0.2) is 0 Å². The van der Waals surface area contributed by atoms with Crippen molar-refractivity contribution in [2.45, 2.75) is 13.0 Å². The molecule has 0 aliphatic heterocycles. The van der Waals surface area contributed by atoms with Gasteiger partial charge in [-0.1, -0.05) is 18.2 Å². The highest BCUT2D eigenvalue weighted by molar-refractivity contribution is 7.79. The van der Waals surface area contributed by atoms with Crippen LogP contribution in [0.15, 0.2) is 24.3 Å². The van der Waals surface area contributed by atoms with Crippen LogP contribution in [0.5, 0.6) is 0 Å². The zero-order chi connectivity index (χ0) is 12.1. The predicted octanol–water partition coefficient (Wildman–Crippen LogP) is 0.669. The summed E-state index contributed by atoms with van der Waals surface area (Å²) < 4.78 is 31.6. The number of hydrogen-bond acceptors (Lipinski definition) is 4. The summed E-state index contributed by atoms with van der Waals surface area (Å²) in [6, 6.07) is 7.31. The molecule has 0 spiro atoms. The SMILES string of the molecule is CC(O)c1ccccc1N.O=S(=O)(O)O. The van der Waals surface area contributed by atoms with Crippen molar-refractivity contribution >= 4 is 16.1 Å². The molecule has 0 aliphatic carbocycles. The summed E-state index contributed by atoms with van der Waals surface area (Å²) in [6.07, 6.45) is -0.471. The lowest BCUT2D eigenvalue weighted by Crippen LogP contribution is -1.96. The van der Waals surface area contributed by atoms with Gasteiger partial charge in [0.1, 0.15) is 0 Å². The molecule has 6 nitrogen and oxygen atoms in total. The summed E-state index contributed by atoms with van der Waals surface area (Å²) in [5, 5.41) is 9.12. The lowest BCUT2D eigenvalue weighted by molar-refractivity contribution is 0.200. The van der Waals surface area contributed by atoms with Crippen LogP contribution < -0.4 is 5.73 Å². The van der Waals surface area contributed by atoms with Gasteiger partial charge in [-0.3, -0.25) is 9.11 Å². The fourth-order valence-corrected chi connectivity index (χ4v) is 0.891. The first kappa shape index (κ1) is 13.8. The largest absolute Gasteiger partial charge is 0.398 e. The maximum atomic E-state index is 9.12. The van der Waals surface area contributed by atoms with E-state index in [1.54, 1.807) is 13.0 Å². The van der Waals surface area contributed by atoms with Crippen molar-refractivity contribution in [2.24, 2.45) is 0 Å². The van der Waals surface area contributed by atoms with E-state index in [1.807, 2.05) is 18.2 Å². The lowest BCUT2D eigenvalue weighted by Gasteiger charge is -2.06. The molecule has 1 atom stereocenters. The molecule has 0 fully saturated rings. The van der Waals surface area contributed by atoms with Crippen LogP contribution in [0.25, 0.3) is 0 Å². The molecule has 0 heterocycles. The summed E-state index contributed by atoms with van der Waals surface area (Å²) in [5.74, 6) is 0. The summed E-state index contributed by atoms with van der Waals surface area (Å²) >= 11 is 0. The molecule has 0 radical (unpaired) electrons. The van der Waals surface area contributed by atoms with Crippen LogP contribution in [-0.2, 0) is 10.4 Å². The third-order valence-corrected chi connectivity index (χ3v) is 1.45. The van der Waals surface area contributed by atoms with Crippen molar-refractivity contribution in [1.82, 2.24) is 0 Å². The van der Waals surface area contributed by atoms with Gasteiger partial charge in [0.05, 0.1) is 6.10 Å². The van der Waals surface area contributed by atoms with E-state index in [0.717, 1.165) is 5.56 Å². The van der Waals surface area contributed by atoms with Gasteiger partial charge in [0.25, 0.3) is 0 Å². The smallest absolute Gasteiger partial charge is 0.394 e. The molecule has 0 aromatic heterocycles. The molecule has 1 aromatic rings. The molecular weight excluding hydrogens is 222 g/mol. The quantitative estimate of drug-likeness (QED) is 0.419. The van der Waals surface area contributed by atoms with Crippen LogP contribution in [0.1, 0.15) is 18.6 Å².